The van der Waals surface area contributed by atoms with Gasteiger partial charge >= 0.3 is 0 Å². The van der Waals surface area contributed by atoms with Crippen LogP contribution in [0.2, 0.25) is 5.02 Å². The molecule has 0 radical (unpaired) electrons. The smallest absolute Gasteiger partial charge is 0.149 e. The summed E-state index contributed by atoms with van der Waals surface area (Å²) < 4.78 is 13.6. The molecule has 1 aliphatic carbocycles. The van der Waals surface area contributed by atoms with Crippen molar-refractivity contribution < 1.29 is 14.7 Å². The van der Waals surface area contributed by atoms with Crippen LogP contribution in [0.3, 0.4) is 0 Å². The monoisotopic (exact) mass is 285 g/mol. The molecule has 0 heterocycles. The first-order valence-electron chi connectivity index (χ1n) is 5.83. The molecule has 0 aromatic heterocycles. The van der Waals surface area contributed by atoms with Gasteiger partial charge in [-0.1, -0.05) is 16.8 Å². The van der Waals surface area contributed by atoms with Crippen LogP contribution < -0.4 is 5.43 Å². The van der Waals surface area contributed by atoms with E-state index in [0.29, 0.717) is 24.3 Å². The Hall–Kier alpha value is -1.82. The van der Waals surface area contributed by atoms with E-state index in [4.69, 9.17) is 16.8 Å². The number of hydrogen-bond acceptors (Lipinski definition) is 5. The Morgan fingerprint density at radius 3 is 2.58 bits per heavy atom. The Kier molecular flexibility index (Phi) is 4.21. The number of phenolic OH excluding ortho intramolecular Hbond substituents is 1. The molecule has 2 rings (SSSR count). The molecular weight excluding hydrogens is 273 g/mol. The maximum atomic E-state index is 13.6. The molecule has 1 aliphatic rings. The fraction of sp³-hybridized carbons (Fsp3) is 0.333. The number of halogens is 2. The van der Waals surface area contributed by atoms with Crippen molar-refractivity contribution >= 4 is 28.7 Å². The van der Waals surface area contributed by atoms with Crippen molar-refractivity contribution in [3.63, 3.8) is 0 Å². The van der Waals surface area contributed by atoms with Gasteiger partial charge in [-0.15, -0.1) is 0 Å². The van der Waals surface area contributed by atoms with Crippen molar-refractivity contribution in [2.45, 2.75) is 25.7 Å². The van der Waals surface area contributed by atoms with Gasteiger partial charge in [-0.05, 0) is 31.7 Å². The molecular formula is C12H13ClFN3O2. The summed E-state index contributed by atoms with van der Waals surface area (Å²) in [5, 5.41) is 25.4. The summed E-state index contributed by atoms with van der Waals surface area (Å²) in [6.45, 7) is 0. The molecule has 0 aliphatic heterocycles. The second-order valence-corrected chi connectivity index (χ2v) is 4.61. The molecule has 1 aromatic rings. The number of aromatic hydroxyl groups is 1. The number of hydrazone groups is 1. The summed E-state index contributed by atoms with van der Waals surface area (Å²) in [4.78, 5) is 0. The molecule has 0 unspecified atom stereocenters. The lowest BCUT2D eigenvalue weighted by atomic mass is 9.96. The van der Waals surface area contributed by atoms with Gasteiger partial charge in [0.25, 0.3) is 0 Å². The summed E-state index contributed by atoms with van der Waals surface area (Å²) in [7, 11) is 0. The molecule has 0 bridgehead atoms. The first kappa shape index (κ1) is 13.6. The third-order valence-corrected chi connectivity index (χ3v) is 3.18. The Labute approximate surface area is 114 Å². The van der Waals surface area contributed by atoms with Crippen LogP contribution >= 0.6 is 11.6 Å². The first-order valence-corrected chi connectivity index (χ1v) is 6.21. The zero-order valence-corrected chi connectivity index (χ0v) is 10.8. The molecule has 0 saturated heterocycles. The topological polar surface area (TPSA) is 77.2 Å². The van der Waals surface area contributed by atoms with Crippen molar-refractivity contribution in [3.8, 4) is 5.75 Å². The highest BCUT2D eigenvalue weighted by molar-refractivity contribution is 6.42. The van der Waals surface area contributed by atoms with Crippen LogP contribution in [0.4, 0.5) is 10.1 Å². The molecule has 7 heteroatoms. The highest BCUT2D eigenvalue weighted by Crippen LogP contribution is 2.29. The normalized spacial score (nSPS) is 19.9. The predicted molar refractivity (Wildman–Crippen MR) is 71.8 cm³/mol. The SMILES string of the molecule is ON=C1CCCCC1=NNc1cc(O)c(Cl)cc1F. The zero-order chi connectivity index (χ0) is 13.8. The summed E-state index contributed by atoms with van der Waals surface area (Å²) in [5.74, 6) is -0.851. The standard InChI is InChI=1S/C12H13ClFN3O2/c13-7-5-8(14)11(6-12(7)18)16-15-9-3-1-2-4-10(9)17-19/h5-6,16,18-19H,1-4H2. The van der Waals surface area contributed by atoms with E-state index in [2.05, 4.69) is 15.7 Å². The molecule has 1 saturated carbocycles. The number of rotatable bonds is 2. The van der Waals surface area contributed by atoms with E-state index >= 15 is 0 Å². The van der Waals surface area contributed by atoms with Crippen LogP contribution in [0.25, 0.3) is 0 Å². The maximum Gasteiger partial charge on any atom is 0.149 e. The third kappa shape index (κ3) is 3.14. The van der Waals surface area contributed by atoms with E-state index in [-0.39, 0.29) is 16.5 Å². The van der Waals surface area contributed by atoms with E-state index in [1.165, 1.54) is 0 Å². The number of benzene rings is 1. The van der Waals surface area contributed by atoms with Crippen LogP contribution in [0.1, 0.15) is 25.7 Å². The van der Waals surface area contributed by atoms with E-state index in [0.717, 1.165) is 25.0 Å². The summed E-state index contributed by atoms with van der Waals surface area (Å²) >= 11 is 5.57. The molecule has 3 N–H and O–H groups in total. The number of nitrogens with zero attached hydrogens (tertiary/aromatic N) is 2. The van der Waals surface area contributed by atoms with Crippen LogP contribution in [0.15, 0.2) is 22.4 Å². The van der Waals surface area contributed by atoms with Gasteiger partial charge < -0.3 is 10.3 Å². The lowest BCUT2D eigenvalue weighted by Gasteiger charge is -2.14. The van der Waals surface area contributed by atoms with Crippen molar-refractivity contribution in [3.05, 3.63) is 23.0 Å². The lowest BCUT2D eigenvalue weighted by molar-refractivity contribution is 0.318. The van der Waals surface area contributed by atoms with Gasteiger partial charge in [0.2, 0.25) is 0 Å². The van der Waals surface area contributed by atoms with Crippen LogP contribution in [0, 0.1) is 5.82 Å². The largest absolute Gasteiger partial charge is 0.506 e. The Balaban J connectivity index is 2.19. The predicted octanol–water partition coefficient (Wildman–Crippen LogP) is 3.36. The van der Waals surface area contributed by atoms with Crippen molar-refractivity contribution in [2.75, 3.05) is 5.43 Å². The van der Waals surface area contributed by atoms with E-state index < -0.39 is 5.82 Å². The highest BCUT2D eigenvalue weighted by Gasteiger charge is 2.16. The molecule has 0 spiro atoms. The fourth-order valence-electron chi connectivity index (χ4n) is 1.85. The number of hydrogen-bond donors (Lipinski definition) is 3. The Morgan fingerprint density at radius 2 is 1.89 bits per heavy atom. The van der Waals surface area contributed by atoms with Gasteiger partial charge in [-0.25, -0.2) is 4.39 Å². The van der Waals surface area contributed by atoms with Crippen molar-refractivity contribution in [1.82, 2.24) is 0 Å². The van der Waals surface area contributed by atoms with Crippen LogP contribution in [-0.4, -0.2) is 21.7 Å². The maximum absolute atomic E-state index is 13.6. The molecule has 0 amide bonds. The minimum absolute atomic E-state index is 0.0114. The van der Waals surface area contributed by atoms with E-state index in [1.54, 1.807) is 0 Å². The summed E-state index contributed by atoms with van der Waals surface area (Å²) in [5.41, 5.74) is 3.61. The van der Waals surface area contributed by atoms with Crippen LogP contribution in [0.5, 0.6) is 5.75 Å². The second-order valence-electron chi connectivity index (χ2n) is 4.21. The molecule has 1 aromatic carbocycles. The summed E-state index contributed by atoms with van der Waals surface area (Å²) in [6, 6.07) is 2.15. The van der Waals surface area contributed by atoms with Gasteiger partial charge in [-0.3, -0.25) is 5.43 Å². The molecule has 102 valence electrons. The van der Waals surface area contributed by atoms with Gasteiger partial charge in [0.15, 0.2) is 0 Å². The number of nitrogens with one attached hydrogen (secondary N) is 1. The highest BCUT2D eigenvalue weighted by atomic mass is 35.5. The van der Waals surface area contributed by atoms with Gasteiger partial charge in [0, 0.05) is 6.07 Å². The van der Waals surface area contributed by atoms with E-state index in [1.807, 2.05) is 0 Å². The minimum Gasteiger partial charge on any atom is -0.506 e. The van der Waals surface area contributed by atoms with Gasteiger partial charge in [0.1, 0.15) is 17.3 Å². The first-order chi connectivity index (χ1) is 9.11. The summed E-state index contributed by atoms with van der Waals surface area (Å²) in [6.07, 6.45) is 3.18. The van der Waals surface area contributed by atoms with Crippen LogP contribution in [-0.2, 0) is 0 Å². The van der Waals surface area contributed by atoms with E-state index in [9.17, 15) is 9.50 Å². The lowest BCUT2D eigenvalue weighted by Crippen LogP contribution is -2.20. The molecule has 19 heavy (non-hydrogen) atoms. The van der Waals surface area contributed by atoms with Crippen molar-refractivity contribution in [2.24, 2.45) is 10.3 Å². The fourth-order valence-corrected chi connectivity index (χ4v) is 2.00. The Bertz CT molecular complexity index is 546. The quantitative estimate of drug-likeness (QED) is 0.576. The van der Waals surface area contributed by atoms with Gasteiger partial charge in [-0.2, -0.15) is 5.10 Å². The number of phenols is 1. The number of anilines is 1. The molecule has 1 fully saturated rings. The van der Waals surface area contributed by atoms with Crippen molar-refractivity contribution in [1.29, 1.82) is 0 Å². The average molecular weight is 286 g/mol. The third-order valence-electron chi connectivity index (χ3n) is 2.88. The average Bonchev–Trinajstić information content (AvgIpc) is 2.41. The molecule has 0 atom stereocenters. The van der Waals surface area contributed by atoms with Gasteiger partial charge in [0.05, 0.1) is 16.4 Å². The second kappa shape index (κ2) is 5.88. The minimum atomic E-state index is -0.620. The number of oxime groups is 1. The zero-order valence-electron chi connectivity index (χ0n) is 10.0. The molecule has 5 nitrogen and oxygen atoms in total. The Morgan fingerprint density at radius 1 is 1.21 bits per heavy atom.